The van der Waals surface area contributed by atoms with Crippen molar-refractivity contribution in [2.45, 2.75) is 95.9 Å². The summed E-state index contributed by atoms with van der Waals surface area (Å²) in [4.78, 5) is 4.91. The number of ether oxygens (including phenoxy) is 1. The second-order valence-electron chi connectivity index (χ2n) is 13.5. The summed E-state index contributed by atoms with van der Waals surface area (Å²) in [6, 6.07) is 6.02. The van der Waals surface area contributed by atoms with Crippen LogP contribution in [0.25, 0.3) is 10.2 Å². The number of hydrogen-bond acceptors (Lipinski definition) is 5. The van der Waals surface area contributed by atoms with Crippen molar-refractivity contribution in [2.24, 2.45) is 46.3 Å². The average molecular weight is 544 g/mol. The summed E-state index contributed by atoms with van der Waals surface area (Å²) in [6.07, 6.45) is 12.1. The largest absolute Gasteiger partial charge is 0.393 e. The van der Waals surface area contributed by atoms with E-state index in [-0.39, 0.29) is 23.0 Å². The lowest BCUT2D eigenvalue weighted by Gasteiger charge is -2.64. The van der Waals surface area contributed by atoms with Crippen molar-refractivity contribution in [1.29, 1.82) is 0 Å². The lowest BCUT2D eigenvalue weighted by molar-refractivity contribution is -0.211. The van der Waals surface area contributed by atoms with Crippen LogP contribution in [0.3, 0.4) is 0 Å². The third kappa shape index (κ3) is 3.74. The SMILES string of the molecule is CO[C@H]1C[C@H]2[C@@H]([C@H](O)C[C@@H]3C[C@H](O)CC[C@@]32C)[C@@H]2CC[C@@H]3C(CCc4nc5ccc(Cl)cc5s4)CC[C@@]132. The van der Waals surface area contributed by atoms with Gasteiger partial charge in [0.05, 0.1) is 33.5 Å². The van der Waals surface area contributed by atoms with Crippen LogP contribution in [-0.2, 0) is 11.2 Å². The summed E-state index contributed by atoms with van der Waals surface area (Å²) in [5.41, 5.74) is 1.53. The molecule has 0 bridgehead atoms. The molecule has 1 aromatic heterocycles. The summed E-state index contributed by atoms with van der Waals surface area (Å²) in [7, 11) is 1.95. The highest BCUT2D eigenvalue weighted by Gasteiger charge is 2.69. The maximum absolute atomic E-state index is 11.6. The van der Waals surface area contributed by atoms with Gasteiger partial charge in [0.15, 0.2) is 0 Å². The van der Waals surface area contributed by atoms with Crippen molar-refractivity contribution in [3.63, 3.8) is 0 Å². The zero-order chi connectivity index (χ0) is 25.5. The number of aryl methyl sites for hydroxylation is 1. The molecule has 0 amide bonds. The fourth-order valence-corrected chi connectivity index (χ4v) is 12.2. The molecule has 6 heteroatoms. The molecule has 5 aliphatic carbocycles. The van der Waals surface area contributed by atoms with Gasteiger partial charge in [0.25, 0.3) is 0 Å². The molecule has 2 N–H and O–H groups in total. The Balaban J connectivity index is 1.13. The van der Waals surface area contributed by atoms with Gasteiger partial charge in [-0.25, -0.2) is 4.98 Å². The van der Waals surface area contributed by atoms with E-state index in [0.29, 0.717) is 35.7 Å². The van der Waals surface area contributed by atoms with Crippen molar-refractivity contribution < 1.29 is 14.9 Å². The molecule has 2 aromatic rings. The molecular weight excluding hydrogens is 502 g/mol. The standard InChI is InChI=1S/C31H42ClNO3S/c1-30-11-10-20(34)13-18(30)14-25(35)29-22-6-5-21-17(9-12-31(21,22)27(36-2)16-23(29)30)3-8-28-33-24-7-4-19(32)15-26(24)37-28/h4,7,15,17-18,20-23,25,27,29,34-35H,3,5-6,8-14,16H2,1-2H3/t17?,18-,20+,21+,22-,23-,25+,27-,29-,30-,31+/m0/s1. The first-order chi connectivity index (χ1) is 17.8. The molecule has 1 spiro atoms. The van der Waals surface area contributed by atoms with Gasteiger partial charge in [0.2, 0.25) is 0 Å². The van der Waals surface area contributed by atoms with Crippen molar-refractivity contribution >= 4 is 33.2 Å². The number of benzene rings is 1. The quantitative estimate of drug-likeness (QED) is 0.441. The number of thiazole rings is 1. The fraction of sp³-hybridized carbons (Fsp3) is 0.774. The van der Waals surface area contributed by atoms with Gasteiger partial charge >= 0.3 is 0 Å². The summed E-state index contributed by atoms with van der Waals surface area (Å²) >= 11 is 8.01. The third-order valence-corrected chi connectivity index (χ3v) is 13.7. The van der Waals surface area contributed by atoms with E-state index in [1.54, 1.807) is 11.3 Å². The van der Waals surface area contributed by atoms with E-state index >= 15 is 0 Å². The van der Waals surface area contributed by atoms with E-state index < -0.39 is 0 Å². The van der Waals surface area contributed by atoms with Crippen molar-refractivity contribution in [3.05, 3.63) is 28.2 Å². The zero-order valence-corrected chi connectivity index (χ0v) is 23.8. The predicted molar refractivity (Wildman–Crippen MR) is 149 cm³/mol. The maximum Gasteiger partial charge on any atom is 0.0938 e. The molecule has 5 fully saturated rings. The number of halogens is 1. The molecule has 0 saturated heterocycles. The Kier molecular flexibility index (Phi) is 6.25. The Morgan fingerprint density at radius 1 is 1.05 bits per heavy atom. The van der Waals surface area contributed by atoms with Crippen molar-refractivity contribution in [3.8, 4) is 0 Å². The molecule has 5 saturated carbocycles. The second kappa shape index (κ2) is 9.16. The van der Waals surface area contributed by atoms with E-state index in [9.17, 15) is 10.2 Å². The third-order valence-electron chi connectivity index (χ3n) is 12.4. The van der Waals surface area contributed by atoms with Gasteiger partial charge in [-0.05, 0) is 130 Å². The number of aliphatic hydroxyl groups excluding tert-OH is 2. The number of aromatic nitrogens is 1. The summed E-state index contributed by atoms with van der Waals surface area (Å²) in [5, 5.41) is 24.1. The van der Waals surface area contributed by atoms with Crippen LogP contribution >= 0.6 is 22.9 Å². The minimum absolute atomic E-state index is 0.186. The normalized spacial score (nSPS) is 46.9. The van der Waals surface area contributed by atoms with Crippen LogP contribution in [0, 0.1) is 46.3 Å². The van der Waals surface area contributed by atoms with E-state index in [0.717, 1.165) is 55.0 Å². The molecule has 7 rings (SSSR count). The predicted octanol–water partition coefficient (Wildman–Crippen LogP) is 6.89. The number of rotatable bonds is 4. The molecule has 37 heavy (non-hydrogen) atoms. The minimum atomic E-state index is -0.222. The van der Waals surface area contributed by atoms with Crippen LogP contribution < -0.4 is 0 Å². The smallest absolute Gasteiger partial charge is 0.0938 e. The Bertz CT molecular complexity index is 1170. The molecule has 0 aliphatic heterocycles. The Hall–Kier alpha value is -0.720. The number of nitrogens with zero attached hydrogens (tertiary/aromatic N) is 1. The minimum Gasteiger partial charge on any atom is -0.393 e. The zero-order valence-electron chi connectivity index (χ0n) is 22.2. The highest BCUT2D eigenvalue weighted by atomic mass is 35.5. The summed E-state index contributed by atoms with van der Waals surface area (Å²) < 4.78 is 7.64. The molecule has 4 nitrogen and oxygen atoms in total. The molecule has 1 unspecified atom stereocenters. The van der Waals surface area contributed by atoms with Crippen LogP contribution in [0.15, 0.2) is 18.2 Å². The van der Waals surface area contributed by atoms with E-state index in [1.165, 1.54) is 41.8 Å². The molecular formula is C31H42ClNO3S. The number of fused-ring (bicyclic) bond motifs is 5. The van der Waals surface area contributed by atoms with Crippen LogP contribution in [0.2, 0.25) is 5.02 Å². The Morgan fingerprint density at radius 2 is 1.89 bits per heavy atom. The van der Waals surface area contributed by atoms with Crippen LogP contribution in [-0.4, -0.2) is 40.6 Å². The second-order valence-corrected chi connectivity index (χ2v) is 15.1. The molecule has 1 heterocycles. The van der Waals surface area contributed by atoms with Gasteiger partial charge in [-0.3, -0.25) is 0 Å². The molecule has 202 valence electrons. The van der Waals surface area contributed by atoms with Gasteiger partial charge in [-0.2, -0.15) is 0 Å². The van der Waals surface area contributed by atoms with E-state index in [1.807, 2.05) is 25.3 Å². The highest BCUT2D eigenvalue weighted by Crippen LogP contribution is 2.72. The van der Waals surface area contributed by atoms with Gasteiger partial charge in [-0.15, -0.1) is 11.3 Å². The molecule has 0 radical (unpaired) electrons. The summed E-state index contributed by atoms with van der Waals surface area (Å²) in [5.74, 6) is 3.37. The van der Waals surface area contributed by atoms with E-state index in [2.05, 4.69) is 6.92 Å². The average Bonchev–Trinajstić information content (AvgIpc) is 3.55. The first-order valence-corrected chi connectivity index (χ1v) is 16.0. The first-order valence-electron chi connectivity index (χ1n) is 14.8. The first kappa shape index (κ1) is 25.3. The lowest BCUT2D eigenvalue weighted by atomic mass is 9.43. The van der Waals surface area contributed by atoms with Crippen molar-refractivity contribution in [2.75, 3.05) is 7.11 Å². The van der Waals surface area contributed by atoms with Gasteiger partial charge < -0.3 is 14.9 Å². The molecule has 1 aromatic carbocycles. The van der Waals surface area contributed by atoms with Crippen LogP contribution in [0.4, 0.5) is 0 Å². The van der Waals surface area contributed by atoms with Crippen LogP contribution in [0.5, 0.6) is 0 Å². The fourth-order valence-electron chi connectivity index (χ4n) is 10.9. The highest BCUT2D eigenvalue weighted by molar-refractivity contribution is 7.18. The maximum atomic E-state index is 11.6. The Labute approximate surface area is 230 Å². The van der Waals surface area contributed by atoms with Crippen LogP contribution in [0.1, 0.15) is 76.1 Å². The Morgan fingerprint density at radius 3 is 2.73 bits per heavy atom. The van der Waals surface area contributed by atoms with Gasteiger partial charge in [0, 0.05) is 17.5 Å². The number of methoxy groups -OCH3 is 1. The van der Waals surface area contributed by atoms with Gasteiger partial charge in [-0.1, -0.05) is 18.5 Å². The summed E-state index contributed by atoms with van der Waals surface area (Å²) in [6.45, 7) is 2.49. The molecule has 11 atom stereocenters. The molecule has 5 aliphatic rings. The number of aliphatic hydroxyl groups is 2. The number of hydrogen-bond donors (Lipinski definition) is 2. The lowest BCUT2D eigenvalue weighted by Crippen LogP contribution is -2.62. The monoisotopic (exact) mass is 543 g/mol. The van der Waals surface area contributed by atoms with E-state index in [4.69, 9.17) is 21.3 Å². The van der Waals surface area contributed by atoms with Gasteiger partial charge in [0.1, 0.15) is 0 Å². The van der Waals surface area contributed by atoms with Crippen molar-refractivity contribution in [1.82, 2.24) is 4.98 Å². The topological polar surface area (TPSA) is 62.6 Å².